The molecule has 2 aliphatic heterocycles. The number of aromatic nitrogens is 1. The van der Waals surface area contributed by atoms with Gasteiger partial charge in [-0.25, -0.2) is 13.4 Å². The van der Waals surface area contributed by atoms with Gasteiger partial charge in [-0.15, -0.1) is 0 Å². The highest BCUT2D eigenvalue weighted by molar-refractivity contribution is 7.89. The van der Waals surface area contributed by atoms with Crippen molar-refractivity contribution in [3.63, 3.8) is 0 Å². The third-order valence-corrected chi connectivity index (χ3v) is 8.61. The Kier molecular flexibility index (Phi) is 7.66. The van der Waals surface area contributed by atoms with Crippen LogP contribution in [-0.4, -0.2) is 56.0 Å². The van der Waals surface area contributed by atoms with Crippen molar-refractivity contribution in [3.05, 3.63) is 83.0 Å². The van der Waals surface area contributed by atoms with Gasteiger partial charge in [0.25, 0.3) is 0 Å². The van der Waals surface area contributed by atoms with E-state index in [1.165, 1.54) is 10.4 Å². The molecule has 11 heteroatoms. The first-order valence-corrected chi connectivity index (χ1v) is 14.0. The molecule has 0 radical (unpaired) electrons. The Morgan fingerprint density at radius 1 is 1.18 bits per heavy atom. The Bertz CT molecular complexity index is 1470. The average Bonchev–Trinajstić information content (AvgIpc) is 3.36. The van der Waals surface area contributed by atoms with Gasteiger partial charge in [0.1, 0.15) is 17.7 Å². The second-order valence-corrected chi connectivity index (χ2v) is 11.3. The van der Waals surface area contributed by atoms with Gasteiger partial charge in [0.05, 0.1) is 23.1 Å². The number of morpholine rings is 1. The van der Waals surface area contributed by atoms with Gasteiger partial charge >= 0.3 is 0 Å². The normalized spacial score (nSPS) is 17.8. The van der Waals surface area contributed by atoms with Crippen LogP contribution in [-0.2, 0) is 32.5 Å². The monoisotopic (exact) mass is 554 g/mol. The topological polar surface area (TPSA) is 124 Å². The van der Waals surface area contributed by atoms with Crippen LogP contribution in [0.4, 0.5) is 5.82 Å². The molecule has 2 aromatic carbocycles. The Labute approximate surface area is 226 Å². The molecule has 0 aliphatic carbocycles. The van der Waals surface area contributed by atoms with Gasteiger partial charge in [0.2, 0.25) is 15.9 Å². The molecule has 0 saturated carbocycles. The third-order valence-electron chi connectivity index (χ3n) is 6.37. The molecule has 1 saturated heterocycles. The summed E-state index contributed by atoms with van der Waals surface area (Å²) in [7, 11) is -3.71. The fraction of sp³-hybridized carbons (Fsp3) is 0.259. The molecule has 9 nitrogen and oxygen atoms in total. The first-order valence-electron chi connectivity index (χ1n) is 12.1. The molecule has 1 unspecified atom stereocenters. The van der Waals surface area contributed by atoms with Crippen LogP contribution in [0.3, 0.4) is 0 Å². The molecule has 3 N–H and O–H groups in total. The Hall–Kier alpha value is -3.44. The highest BCUT2D eigenvalue weighted by atomic mass is 35.5. The number of amides is 1. The number of sulfonamides is 1. The molecule has 0 bridgehead atoms. The van der Waals surface area contributed by atoms with Gasteiger partial charge in [-0.05, 0) is 41.5 Å². The van der Waals surface area contributed by atoms with E-state index in [4.69, 9.17) is 26.8 Å². The smallest absolute Gasteiger partial charge is 0.244 e. The van der Waals surface area contributed by atoms with E-state index in [1.54, 1.807) is 54.7 Å². The largest absolute Gasteiger partial charge is 0.484 e. The molecule has 1 fully saturated rings. The van der Waals surface area contributed by atoms with Gasteiger partial charge in [-0.2, -0.15) is 4.31 Å². The lowest BCUT2D eigenvalue weighted by atomic mass is 10.0. The van der Waals surface area contributed by atoms with E-state index in [0.717, 1.165) is 11.1 Å². The van der Waals surface area contributed by atoms with Gasteiger partial charge in [-0.3, -0.25) is 4.79 Å². The maximum Gasteiger partial charge on any atom is 0.244 e. The number of nitrogens with one attached hydrogen (secondary N) is 1. The summed E-state index contributed by atoms with van der Waals surface area (Å²) in [6, 6.07) is 14.0. The summed E-state index contributed by atoms with van der Waals surface area (Å²) in [5.41, 5.74) is 8.51. The van der Waals surface area contributed by atoms with Crippen molar-refractivity contribution in [1.82, 2.24) is 14.6 Å². The van der Waals surface area contributed by atoms with Crippen LogP contribution >= 0.6 is 11.6 Å². The van der Waals surface area contributed by atoms with Crippen molar-refractivity contribution in [2.75, 3.05) is 32.0 Å². The number of hydrogen-bond donors (Lipinski definition) is 2. The molecule has 1 amide bonds. The average molecular weight is 555 g/mol. The second-order valence-electron chi connectivity index (χ2n) is 8.99. The number of carbonyl (C=O) groups is 1. The van der Waals surface area contributed by atoms with Crippen molar-refractivity contribution in [3.8, 4) is 16.9 Å². The fourth-order valence-electron chi connectivity index (χ4n) is 4.45. The van der Waals surface area contributed by atoms with E-state index < -0.39 is 10.0 Å². The molecule has 2 aliphatic rings. The van der Waals surface area contributed by atoms with E-state index >= 15 is 0 Å². The zero-order valence-electron chi connectivity index (χ0n) is 20.5. The summed E-state index contributed by atoms with van der Waals surface area (Å²) in [6.45, 7) is 1.69. The van der Waals surface area contributed by atoms with Crippen molar-refractivity contribution in [1.29, 1.82) is 0 Å². The Morgan fingerprint density at radius 3 is 2.74 bits per heavy atom. The number of hydrogen-bond acceptors (Lipinski definition) is 7. The van der Waals surface area contributed by atoms with Crippen LogP contribution in [0.5, 0.6) is 5.75 Å². The predicted molar refractivity (Wildman–Crippen MR) is 144 cm³/mol. The summed E-state index contributed by atoms with van der Waals surface area (Å²) in [4.78, 5) is 16.5. The number of pyridine rings is 1. The van der Waals surface area contributed by atoms with Crippen molar-refractivity contribution < 1.29 is 22.7 Å². The molecule has 1 atom stereocenters. The number of carbonyl (C=O) groups excluding carboxylic acids is 1. The summed E-state index contributed by atoms with van der Waals surface area (Å²) in [6.07, 6.45) is 4.84. The molecule has 38 heavy (non-hydrogen) atoms. The molecule has 198 valence electrons. The number of nitrogen functional groups attached to an aromatic ring is 1. The van der Waals surface area contributed by atoms with Crippen molar-refractivity contribution in [2.24, 2.45) is 0 Å². The maximum atomic E-state index is 13.4. The van der Waals surface area contributed by atoms with Crippen LogP contribution in [0.15, 0.2) is 71.8 Å². The lowest BCUT2D eigenvalue weighted by Crippen LogP contribution is -2.40. The van der Waals surface area contributed by atoms with Crippen LogP contribution in [0.2, 0.25) is 5.02 Å². The minimum Gasteiger partial charge on any atom is -0.484 e. The lowest BCUT2D eigenvalue weighted by molar-refractivity contribution is -0.116. The zero-order chi connectivity index (χ0) is 26.7. The number of halogens is 1. The molecular weight excluding hydrogens is 528 g/mol. The van der Waals surface area contributed by atoms with Crippen molar-refractivity contribution in [2.45, 2.75) is 24.0 Å². The quantitative estimate of drug-likeness (QED) is 0.430. The molecule has 0 spiro atoms. The number of benzene rings is 2. The summed E-state index contributed by atoms with van der Waals surface area (Å²) < 4.78 is 39.6. The number of anilines is 1. The molecule has 1 aromatic heterocycles. The maximum absolute atomic E-state index is 13.4. The third kappa shape index (κ3) is 5.68. The molecular formula is C27H27ClN4O5S. The molecule has 5 rings (SSSR count). The predicted octanol–water partition coefficient (Wildman–Crippen LogP) is 3.18. The highest BCUT2D eigenvalue weighted by Gasteiger charge is 2.30. The van der Waals surface area contributed by atoms with E-state index in [9.17, 15) is 13.2 Å². The number of nitrogens with two attached hydrogens (primary N) is 1. The van der Waals surface area contributed by atoms with E-state index in [0.29, 0.717) is 67.0 Å². The summed E-state index contributed by atoms with van der Waals surface area (Å²) >= 11 is 6.58. The van der Waals surface area contributed by atoms with Gasteiger partial charge in [0, 0.05) is 49.5 Å². The first kappa shape index (κ1) is 26.2. The number of ether oxygens (including phenoxy) is 2. The zero-order valence-corrected chi connectivity index (χ0v) is 22.0. The van der Waals surface area contributed by atoms with E-state index in [-0.39, 0.29) is 16.9 Å². The van der Waals surface area contributed by atoms with E-state index in [2.05, 4.69) is 10.3 Å². The number of nitrogens with zero attached hydrogens (tertiary/aromatic N) is 2. The standard InChI is InChI=1S/C27H27ClN4O5S/c28-23-15-19(22-3-1-2-4-24(22)38(34,35)32-9-11-36-12-10-32)13-20-14-21(37-27(20)23)6-8-26(33)31-17-18-5-7-25(29)30-16-18/h1-8,13,15-16,21H,9-12,14,17H2,(H2,29,30)(H,31,33). The van der Waals surface area contributed by atoms with Gasteiger partial charge < -0.3 is 20.5 Å². The van der Waals surface area contributed by atoms with Crippen LogP contribution in [0, 0.1) is 0 Å². The fourth-order valence-corrected chi connectivity index (χ4v) is 6.35. The van der Waals surface area contributed by atoms with Crippen LogP contribution < -0.4 is 15.8 Å². The second kappa shape index (κ2) is 11.1. The number of rotatable bonds is 7. The molecule has 3 heterocycles. The first-order chi connectivity index (χ1) is 18.3. The SMILES string of the molecule is Nc1ccc(CNC(=O)C=CC2Cc3cc(-c4ccccc4S(=O)(=O)N4CCOCC4)cc(Cl)c3O2)cn1. The summed E-state index contributed by atoms with van der Waals surface area (Å²) in [5, 5.41) is 3.18. The number of fused-ring (bicyclic) bond motifs is 1. The van der Waals surface area contributed by atoms with Crippen LogP contribution in [0.1, 0.15) is 11.1 Å². The minimum absolute atomic E-state index is 0.223. The Morgan fingerprint density at radius 2 is 1.97 bits per heavy atom. The highest BCUT2D eigenvalue weighted by Crippen LogP contribution is 2.41. The van der Waals surface area contributed by atoms with E-state index in [1.807, 2.05) is 6.07 Å². The lowest BCUT2D eigenvalue weighted by Gasteiger charge is -2.27. The molecule has 3 aromatic rings. The minimum atomic E-state index is -3.71. The van der Waals surface area contributed by atoms with Crippen LogP contribution in [0.25, 0.3) is 11.1 Å². The Balaban J connectivity index is 1.31. The summed E-state index contributed by atoms with van der Waals surface area (Å²) in [5.74, 6) is 0.685. The van der Waals surface area contributed by atoms with Gasteiger partial charge in [0.15, 0.2) is 0 Å². The van der Waals surface area contributed by atoms with Gasteiger partial charge in [-0.1, -0.05) is 35.9 Å². The van der Waals surface area contributed by atoms with Crippen molar-refractivity contribution >= 4 is 33.3 Å².